The lowest BCUT2D eigenvalue weighted by Crippen LogP contribution is -2.03. The summed E-state index contributed by atoms with van der Waals surface area (Å²) in [7, 11) is 0. The van der Waals surface area contributed by atoms with E-state index in [9.17, 15) is 0 Å². The van der Waals surface area contributed by atoms with Crippen LogP contribution < -0.4 is 5.73 Å². The van der Waals surface area contributed by atoms with Crippen molar-refractivity contribution in [3.63, 3.8) is 0 Å². The van der Waals surface area contributed by atoms with Crippen LogP contribution >= 0.6 is 27.3 Å². The molecule has 0 aliphatic rings. The Bertz CT molecular complexity index is 923. The first-order chi connectivity index (χ1) is 10.8. The van der Waals surface area contributed by atoms with Gasteiger partial charge in [-0.1, -0.05) is 28.1 Å². The van der Waals surface area contributed by atoms with Gasteiger partial charge in [0.2, 0.25) is 0 Å². The standard InChI is InChI=1S/C16H12BrN3OS/c17-11-5-3-10(4-6-11)15-12(8-18)20-13(9-22-16(20)19-15)14-2-1-7-21-14/h1-7,9H,8,18H2. The van der Waals surface area contributed by atoms with E-state index in [1.165, 1.54) is 0 Å². The molecular weight excluding hydrogens is 362 g/mol. The summed E-state index contributed by atoms with van der Waals surface area (Å²) in [5, 5.41) is 2.05. The second kappa shape index (κ2) is 5.39. The molecule has 3 heterocycles. The minimum atomic E-state index is 0.414. The number of thiazole rings is 1. The zero-order valence-electron chi connectivity index (χ0n) is 11.5. The third-order valence-electron chi connectivity index (χ3n) is 3.54. The van der Waals surface area contributed by atoms with Crippen molar-refractivity contribution in [2.24, 2.45) is 5.73 Å². The van der Waals surface area contributed by atoms with Gasteiger partial charge in [-0.05, 0) is 24.3 Å². The van der Waals surface area contributed by atoms with Gasteiger partial charge in [0.05, 0.1) is 17.7 Å². The van der Waals surface area contributed by atoms with E-state index < -0.39 is 0 Å². The highest BCUT2D eigenvalue weighted by molar-refractivity contribution is 9.10. The Morgan fingerprint density at radius 2 is 2.05 bits per heavy atom. The fraction of sp³-hybridized carbons (Fsp3) is 0.0625. The van der Waals surface area contributed by atoms with Gasteiger partial charge in [-0.2, -0.15) is 0 Å². The highest BCUT2D eigenvalue weighted by Crippen LogP contribution is 2.33. The summed E-state index contributed by atoms with van der Waals surface area (Å²) in [6, 6.07) is 11.9. The van der Waals surface area contributed by atoms with E-state index >= 15 is 0 Å². The minimum absolute atomic E-state index is 0.414. The van der Waals surface area contributed by atoms with Crippen LogP contribution in [0, 0.1) is 0 Å². The number of halogens is 1. The molecule has 1 aromatic carbocycles. The van der Waals surface area contributed by atoms with Gasteiger partial charge >= 0.3 is 0 Å². The summed E-state index contributed by atoms with van der Waals surface area (Å²) in [4.78, 5) is 5.68. The predicted octanol–water partition coefficient (Wildman–Crippen LogP) is 4.54. The summed E-state index contributed by atoms with van der Waals surface area (Å²) in [6.45, 7) is 0.414. The van der Waals surface area contributed by atoms with Gasteiger partial charge in [0.25, 0.3) is 0 Å². The highest BCUT2D eigenvalue weighted by Gasteiger charge is 2.18. The number of rotatable bonds is 3. The SMILES string of the molecule is NCc1c(-c2ccc(Br)cc2)nc2scc(-c3ccco3)n12. The number of benzene rings is 1. The molecule has 110 valence electrons. The third kappa shape index (κ3) is 2.11. The maximum Gasteiger partial charge on any atom is 0.195 e. The molecule has 0 aliphatic heterocycles. The molecule has 0 radical (unpaired) electrons. The topological polar surface area (TPSA) is 56.5 Å². The summed E-state index contributed by atoms with van der Waals surface area (Å²) in [6.07, 6.45) is 1.67. The van der Waals surface area contributed by atoms with E-state index in [4.69, 9.17) is 15.1 Å². The molecule has 0 amide bonds. The van der Waals surface area contributed by atoms with Crippen LogP contribution in [0.2, 0.25) is 0 Å². The van der Waals surface area contributed by atoms with Gasteiger partial charge in [-0.25, -0.2) is 4.98 Å². The second-order valence-corrected chi connectivity index (χ2v) is 6.59. The molecule has 4 rings (SSSR count). The van der Waals surface area contributed by atoms with Crippen molar-refractivity contribution in [1.29, 1.82) is 0 Å². The van der Waals surface area contributed by atoms with E-state index in [0.29, 0.717) is 6.54 Å². The number of imidazole rings is 1. The first-order valence-electron chi connectivity index (χ1n) is 6.76. The maximum atomic E-state index is 6.01. The van der Waals surface area contributed by atoms with E-state index in [1.54, 1.807) is 17.6 Å². The lowest BCUT2D eigenvalue weighted by Gasteiger charge is -2.04. The van der Waals surface area contributed by atoms with Crippen LogP contribution in [0.5, 0.6) is 0 Å². The molecule has 22 heavy (non-hydrogen) atoms. The average Bonchev–Trinajstić information content (AvgIpc) is 3.23. The van der Waals surface area contributed by atoms with Crippen molar-refractivity contribution < 1.29 is 4.42 Å². The number of hydrogen-bond donors (Lipinski definition) is 1. The van der Waals surface area contributed by atoms with Crippen molar-refractivity contribution >= 4 is 32.2 Å². The molecule has 0 aliphatic carbocycles. The zero-order chi connectivity index (χ0) is 15.1. The maximum absolute atomic E-state index is 6.01. The van der Waals surface area contributed by atoms with E-state index in [0.717, 1.165) is 37.8 Å². The molecule has 0 spiro atoms. The molecule has 0 saturated heterocycles. The molecule has 4 aromatic rings. The Balaban J connectivity index is 1.96. The van der Waals surface area contributed by atoms with E-state index in [2.05, 4.69) is 20.3 Å². The van der Waals surface area contributed by atoms with Gasteiger partial charge in [0, 0.05) is 22.0 Å². The van der Waals surface area contributed by atoms with Crippen LogP contribution in [0.3, 0.4) is 0 Å². The molecule has 0 atom stereocenters. The van der Waals surface area contributed by atoms with E-state index in [-0.39, 0.29) is 0 Å². The first kappa shape index (κ1) is 13.8. The molecule has 6 heteroatoms. The summed E-state index contributed by atoms with van der Waals surface area (Å²) >= 11 is 5.05. The summed E-state index contributed by atoms with van der Waals surface area (Å²) in [5.41, 5.74) is 9.98. The fourth-order valence-corrected chi connectivity index (χ4v) is 3.70. The van der Waals surface area contributed by atoms with Gasteiger partial charge in [0.1, 0.15) is 5.69 Å². The number of hydrogen-bond acceptors (Lipinski definition) is 4. The predicted molar refractivity (Wildman–Crippen MR) is 91.8 cm³/mol. The van der Waals surface area contributed by atoms with Gasteiger partial charge in [-0.15, -0.1) is 11.3 Å². The lowest BCUT2D eigenvalue weighted by molar-refractivity contribution is 0.579. The molecule has 0 fully saturated rings. The largest absolute Gasteiger partial charge is 0.463 e. The Hall–Kier alpha value is -1.89. The summed E-state index contributed by atoms with van der Waals surface area (Å²) in [5.74, 6) is 0.820. The van der Waals surface area contributed by atoms with E-state index in [1.807, 2.05) is 41.8 Å². The third-order valence-corrected chi connectivity index (χ3v) is 4.90. The summed E-state index contributed by atoms with van der Waals surface area (Å²) < 4.78 is 8.66. The fourth-order valence-electron chi connectivity index (χ4n) is 2.54. The van der Waals surface area contributed by atoms with Gasteiger partial charge < -0.3 is 10.2 Å². The molecular formula is C16H12BrN3OS. The van der Waals surface area contributed by atoms with Crippen LogP contribution in [-0.2, 0) is 6.54 Å². The van der Waals surface area contributed by atoms with Crippen LogP contribution in [-0.4, -0.2) is 9.38 Å². The Morgan fingerprint density at radius 3 is 2.73 bits per heavy atom. The quantitative estimate of drug-likeness (QED) is 0.573. The highest BCUT2D eigenvalue weighted by atomic mass is 79.9. The minimum Gasteiger partial charge on any atom is -0.463 e. The smallest absolute Gasteiger partial charge is 0.195 e. The van der Waals surface area contributed by atoms with Crippen LogP contribution in [0.25, 0.3) is 27.7 Å². The number of aromatic nitrogens is 2. The van der Waals surface area contributed by atoms with Gasteiger partial charge in [-0.3, -0.25) is 4.40 Å². The number of fused-ring (bicyclic) bond motifs is 1. The molecule has 0 unspecified atom stereocenters. The lowest BCUT2D eigenvalue weighted by atomic mass is 10.1. The van der Waals surface area contributed by atoms with Gasteiger partial charge in [0.15, 0.2) is 10.7 Å². The molecule has 4 nitrogen and oxygen atoms in total. The van der Waals surface area contributed by atoms with Crippen molar-refractivity contribution in [1.82, 2.24) is 9.38 Å². The van der Waals surface area contributed by atoms with Crippen molar-refractivity contribution in [2.75, 3.05) is 0 Å². The second-order valence-electron chi connectivity index (χ2n) is 4.83. The first-order valence-corrected chi connectivity index (χ1v) is 8.44. The normalized spacial score (nSPS) is 11.4. The zero-order valence-corrected chi connectivity index (χ0v) is 13.9. The Morgan fingerprint density at radius 1 is 1.23 bits per heavy atom. The van der Waals surface area contributed by atoms with Crippen molar-refractivity contribution in [3.05, 3.63) is 58.2 Å². The van der Waals surface area contributed by atoms with Crippen molar-refractivity contribution in [2.45, 2.75) is 6.54 Å². The number of furan rings is 1. The van der Waals surface area contributed by atoms with Crippen LogP contribution in [0.15, 0.2) is 56.9 Å². The molecule has 3 aromatic heterocycles. The number of nitrogens with zero attached hydrogens (tertiary/aromatic N) is 2. The Kier molecular flexibility index (Phi) is 3.37. The molecule has 0 saturated carbocycles. The Labute approximate surface area is 139 Å². The monoisotopic (exact) mass is 373 g/mol. The van der Waals surface area contributed by atoms with Crippen LogP contribution in [0.4, 0.5) is 0 Å². The average molecular weight is 374 g/mol. The van der Waals surface area contributed by atoms with Crippen molar-refractivity contribution in [3.8, 4) is 22.7 Å². The number of nitrogens with two attached hydrogens (primary N) is 1. The molecule has 2 N–H and O–H groups in total. The molecule has 0 bridgehead atoms. The van der Waals surface area contributed by atoms with Crippen LogP contribution in [0.1, 0.15) is 5.69 Å².